The van der Waals surface area contributed by atoms with E-state index in [0.29, 0.717) is 11.3 Å². The minimum atomic E-state index is -0.628. The molecule has 0 aliphatic rings. The lowest BCUT2D eigenvalue weighted by atomic mass is 10.2. The highest BCUT2D eigenvalue weighted by Gasteiger charge is 2.20. The Morgan fingerprint density at radius 3 is 2.09 bits per heavy atom. The summed E-state index contributed by atoms with van der Waals surface area (Å²) in [6, 6.07) is 5.94. The molecule has 0 saturated heterocycles. The van der Waals surface area contributed by atoms with Gasteiger partial charge >= 0.3 is 0 Å². The van der Waals surface area contributed by atoms with Crippen LogP contribution in [0.5, 0.6) is 0 Å². The molecule has 0 atom stereocenters. The maximum absolute atomic E-state index is 12.2. The van der Waals surface area contributed by atoms with E-state index >= 15 is 0 Å². The van der Waals surface area contributed by atoms with Crippen molar-refractivity contribution in [1.29, 1.82) is 0 Å². The minimum Gasteiger partial charge on any atom is -0.366 e. The number of amides is 2. The number of nitrogens with one attached hydrogen (secondary N) is 1. The second-order valence-corrected chi connectivity index (χ2v) is 5.58. The smallest absolute Gasteiger partial charge is 0.275 e. The minimum absolute atomic E-state index is 0.0318. The summed E-state index contributed by atoms with van der Waals surface area (Å²) in [6.07, 6.45) is 0. The molecule has 2 aromatic rings. The Balaban J connectivity index is 2.28. The van der Waals surface area contributed by atoms with Crippen LogP contribution in [0.15, 0.2) is 24.3 Å². The summed E-state index contributed by atoms with van der Waals surface area (Å²) >= 11 is 23.4. The molecule has 1 aromatic carbocycles. The Hall–Kier alpha value is -1.53. The number of carbonyl (C=O) groups is 2. The first-order valence-corrected chi connectivity index (χ1v) is 7.23. The Labute approximate surface area is 145 Å². The molecule has 0 spiro atoms. The SMILES string of the molecule is NC(=O)c1ccc(NC(=O)c2nc(Cl)c(Cl)c(Cl)c2Cl)cc1. The fourth-order valence-electron chi connectivity index (χ4n) is 1.55. The summed E-state index contributed by atoms with van der Waals surface area (Å²) in [5.41, 5.74) is 5.69. The molecule has 22 heavy (non-hydrogen) atoms. The summed E-state index contributed by atoms with van der Waals surface area (Å²) in [5.74, 6) is -1.20. The predicted octanol–water partition coefficient (Wildman–Crippen LogP) is 4.05. The van der Waals surface area contributed by atoms with Gasteiger partial charge < -0.3 is 11.1 Å². The van der Waals surface area contributed by atoms with E-state index in [-0.39, 0.29) is 25.9 Å². The van der Waals surface area contributed by atoms with Crippen molar-refractivity contribution in [1.82, 2.24) is 4.98 Å². The molecule has 1 heterocycles. The average Bonchev–Trinajstić information content (AvgIpc) is 2.49. The van der Waals surface area contributed by atoms with Crippen LogP contribution in [0.1, 0.15) is 20.8 Å². The number of anilines is 1. The van der Waals surface area contributed by atoms with Crippen LogP contribution in [-0.2, 0) is 0 Å². The Morgan fingerprint density at radius 2 is 1.55 bits per heavy atom. The molecular weight excluding hydrogens is 372 g/mol. The zero-order chi connectivity index (χ0) is 16.4. The summed E-state index contributed by atoms with van der Waals surface area (Å²) < 4.78 is 0. The zero-order valence-electron chi connectivity index (χ0n) is 10.7. The molecule has 0 fully saturated rings. The number of primary amides is 1. The first-order chi connectivity index (χ1) is 10.3. The molecule has 9 heteroatoms. The Bertz CT molecular complexity index is 763. The molecule has 0 unspecified atom stereocenters. The zero-order valence-corrected chi connectivity index (χ0v) is 13.7. The van der Waals surface area contributed by atoms with Gasteiger partial charge in [-0.2, -0.15) is 0 Å². The summed E-state index contributed by atoms with van der Waals surface area (Å²) in [5, 5.41) is 2.21. The van der Waals surface area contributed by atoms with Crippen LogP contribution in [0, 0.1) is 0 Å². The van der Waals surface area contributed by atoms with Gasteiger partial charge in [-0.25, -0.2) is 4.98 Å². The van der Waals surface area contributed by atoms with Crippen LogP contribution >= 0.6 is 46.4 Å². The summed E-state index contributed by atoms with van der Waals surface area (Å²) in [6.45, 7) is 0. The molecule has 0 saturated carbocycles. The highest BCUT2D eigenvalue weighted by Crippen LogP contribution is 2.36. The molecule has 114 valence electrons. The molecule has 2 amide bonds. The van der Waals surface area contributed by atoms with Gasteiger partial charge in [0.25, 0.3) is 5.91 Å². The van der Waals surface area contributed by atoms with E-state index in [9.17, 15) is 9.59 Å². The van der Waals surface area contributed by atoms with Crippen LogP contribution in [0.3, 0.4) is 0 Å². The first kappa shape index (κ1) is 16.8. The molecule has 0 bridgehead atoms. The summed E-state index contributed by atoms with van der Waals surface area (Å²) in [7, 11) is 0. The van der Waals surface area contributed by atoms with Crippen molar-refractivity contribution in [2.45, 2.75) is 0 Å². The average molecular weight is 379 g/mol. The van der Waals surface area contributed by atoms with Crippen molar-refractivity contribution in [2.75, 3.05) is 5.32 Å². The number of benzene rings is 1. The van der Waals surface area contributed by atoms with E-state index in [0.717, 1.165) is 0 Å². The van der Waals surface area contributed by atoms with Crippen LogP contribution in [-0.4, -0.2) is 16.8 Å². The lowest BCUT2D eigenvalue weighted by molar-refractivity contribution is 0.0998. The molecular formula is C13H7Cl4N3O2. The largest absolute Gasteiger partial charge is 0.366 e. The maximum Gasteiger partial charge on any atom is 0.275 e. The van der Waals surface area contributed by atoms with Crippen molar-refractivity contribution in [2.24, 2.45) is 5.73 Å². The quantitative estimate of drug-likeness (QED) is 0.790. The van der Waals surface area contributed by atoms with Gasteiger partial charge in [0, 0.05) is 11.3 Å². The summed E-state index contributed by atoms with van der Waals surface area (Å²) in [4.78, 5) is 26.9. The van der Waals surface area contributed by atoms with Crippen LogP contribution in [0.2, 0.25) is 20.2 Å². The Kier molecular flexibility index (Phi) is 5.13. The van der Waals surface area contributed by atoms with Gasteiger partial charge in [-0.3, -0.25) is 9.59 Å². The molecule has 2 rings (SSSR count). The highest BCUT2D eigenvalue weighted by molar-refractivity contribution is 6.52. The van der Waals surface area contributed by atoms with Gasteiger partial charge in [-0.1, -0.05) is 46.4 Å². The Morgan fingerprint density at radius 1 is 0.955 bits per heavy atom. The van der Waals surface area contributed by atoms with Gasteiger partial charge in [-0.05, 0) is 24.3 Å². The van der Waals surface area contributed by atoms with Gasteiger partial charge in [-0.15, -0.1) is 0 Å². The maximum atomic E-state index is 12.2. The lowest BCUT2D eigenvalue weighted by Gasteiger charge is -2.09. The normalized spacial score (nSPS) is 10.4. The van der Waals surface area contributed by atoms with E-state index in [2.05, 4.69) is 10.3 Å². The molecule has 3 N–H and O–H groups in total. The van der Waals surface area contributed by atoms with Crippen LogP contribution < -0.4 is 11.1 Å². The third-order valence-electron chi connectivity index (χ3n) is 2.63. The number of hydrogen-bond donors (Lipinski definition) is 2. The van der Waals surface area contributed by atoms with Crippen molar-refractivity contribution >= 4 is 63.9 Å². The van der Waals surface area contributed by atoms with E-state index in [1.54, 1.807) is 0 Å². The van der Waals surface area contributed by atoms with Gasteiger partial charge in [0.1, 0.15) is 10.8 Å². The van der Waals surface area contributed by atoms with Crippen molar-refractivity contribution in [3.05, 3.63) is 55.7 Å². The van der Waals surface area contributed by atoms with E-state index < -0.39 is 11.8 Å². The fraction of sp³-hybridized carbons (Fsp3) is 0. The third-order valence-corrected chi connectivity index (χ3v) is 4.30. The molecule has 0 aliphatic carbocycles. The van der Waals surface area contributed by atoms with Gasteiger partial charge in [0.05, 0.1) is 15.1 Å². The fourth-order valence-corrected chi connectivity index (χ4v) is 2.36. The second kappa shape index (κ2) is 6.71. The highest BCUT2D eigenvalue weighted by atomic mass is 35.5. The van der Waals surface area contributed by atoms with Crippen molar-refractivity contribution in [3.63, 3.8) is 0 Å². The number of nitrogens with two attached hydrogens (primary N) is 1. The van der Waals surface area contributed by atoms with Crippen LogP contribution in [0.25, 0.3) is 0 Å². The van der Waals surface area contributed by atoms with Gasteiger partial charge in [0.2, 0.25) is 5.91 Å². The first-order valence-electron chi connectivity index (χ1n) is 5.72. The number of pyridine rings is 1. The molecule has 0 radical (unpaired) electrons. The van der Waals surface area contributed by atoms with E-state index in [1.165, 1.54) is 24.3 Å². The predicted molar refractivity (Wildman–Crippen MR) is 87.2 cm³/mol. The molecule has 0 aliphatic heterocycles. The van der Waals surface area contributed by atoms with E-state index in [1.807, 2.05) is 0 Å². The number of carbonyl (C=O) groups excluding carboxylic acids is 2. The second-order valence-electron chi connectivity index (χ2n) is 4.09. The number of halogens is 4. The molecule has 5 nitrogen and oxygen atoms in total. The molecule has 1 aromatic heterocycles. The van der Waals surface area contributed by atoms with E-state index in [4.69, 9.17) is 52.1 Å². The number of aromatic nitrogens is 1. The van der Waals surface area contributed by atoms with Crippen molar-refractivity contribution < 1.29 is 9.59 Å². The topological polar surface area (TPSA) is 85.1 Å². The van der Waals surface area contributed by atoms with Gasteiger partial charge in [0.15, 0.2) is 0 Å². The lowest BCUT2D eigenvalue weighted by Crippen LogP contribution is -2.15. The standard InChI is InChI=1S/C13H7Cl4N3O2/c14-7-8(15)10(20-11(17)9(7)16)13(22)19-6-3-1-5(2-4-6)12(18)21/h1-4H,(H2,18,21)(H,19,22). The number of nitrogens with zero attached hydrogens (tertiary/aromatic N) is 1. The third kappa shape index (κ3) is 3.44. The van der Waals surface area contributed by atoms with Crippen LogP contribution in [0.4, 0.5) is 5.69 Å². The number of hydrogen-bond acceptors (Lipinski definition) is 3. The number of rotatable bonds is 3. The monoisotopic (exact) mass is 377 g/mol. The van der Waals surface area contributed by atoms with Crippen molar-refractivity contribution in [3.8, 4) is 0 Å².